The lowest BCUT2D eigenvalue weighted by molar-refractivity contribution is 0.280. The van der Waals surface area contributed by atoms with Crippen LogP contribution in [0.4, 0.5) is 0 Å². The minimum atomic E-state index is -0.376. The third-order valence-corrected chi connectivity index (χ3v) is 2.91. The van der Waals surface area contributed by atoms with Crippen LogP contribution in [0.5, 0.6) is 0 Å². The highest BCUT2D eigenvalue weighted by molar-refractivity contribution is 6.22. The van der Waals surface area contributed by atoms with Gasteiger partial charge in [0.05, 0.1) is 6.07 Å². The van der Waals surface area contributed by atoms with Crippen LogP contribution in [-0.2, 0) is 0 Å². The zero-order valence-electron chi connectivity index (χ0n) is 8.91. The molecule has 0 radical (unpaired) electrons. The highest BCUT2D eigenvalue weighted by Crippen LogP contribution is 2.15. The van der Waals surface area contributed by atoms with Gasteiger partial charge in [-0.25, -0.2) is 0 Å². The van der Waals surface area contributed by atoms with Crippen molar-refractivity contribution >= 4 is 11.6 Å². The van der Waals surface area contributed by atoms with E-state index < -0.39 is 0 Å². The predicted octanol–water partition coefficient (Wildman–Crippen LogP) is 1.00. The SMILES string of the molecule is CN1CCC(CN(C)CC(Cl)C#N)C1. The van der Waals surface area contributed by atoms with Crippen LogP contribution >= 0.6 is 11.6 Å². The number of rotatable bonds is 4. The smallest absolute Gasteiger partial charge is 0.133 e. The molecule has 0 aromatic rings. The van der Waals surface area contributed by atoms with Crippen molar-refractivity contribution < 1.29 is 0 Å². The maximum atomic E-state index is 8.57. The Balaban J connectivity index is 2.21. The molecule has 0 saturated carbocycles. The summed E-state index contributed by atoms with van der Waals surface area (Å²) in [7, 11) is 4.19. The molecule has 0 aromatic heterocycles. The number of hydrogen-bond donors (Lipinski definition) is 0. The van der Waals surface area contributed by atoms with Gasteiger partial charge >= 0.3 is 0 Å². The van der Waals surface area contributed by atoms with Crippen molar-refractivity contribution in [3.63, 3.8) is 0 Å². The van der Waals surface area contributed by atoms with Gasteiger partial charge in [-0.05, 0) is 33.0 Å². The summed E-state index contributed by atoms with van der Waals surface area (Å²) in [6, 6.07) is 2.04. The minimum Gasteiger partial charge on any atom is -0.306 e. The van der Waals surface area contributed by atoms with Gasteiger partial charge in [-0.2, -0.15) is 5.26 Å². The Bertz CT molecular complexity index is 214. The molecule has 1 fully saturated rings. The quantitative estimate of drug-likeness (QED) is 0.656. The molecule has 1 rings (SSSR count). The number of likely N-dealkylation sites (tertiary alicyclic amines) is 1. The lowest BCUT2D eigenvalue weighted by Crippen LogP contribution is -2.31. The summed E-state index contributed by atoms with van der Waals surface area (Å²) >= 11 is 5.76. The summed E-state index contributed by atoms with van der Waals surface area (Å²) < 4.78 is 0. The lowest BCUT2D eigenvalue weighted by atomic mass is 10.1. The van der Waals surface area contributed by atoms with Crippen LogP contribution in [0, 0.1) is 17.2 Å². The number of halogens is 1. The second kappa shape index (κ2) is 5.55. The third kappa shape index (κ3) is 3.83. The van der Waals surface area contributed by atoms with E-state index in [0.717, 1.165) is 12.5 Å². The van der Waals surface area contributed by atoms with Crippen molar-refractivity contribution in [3.8, 4) is 6.07 Å². The van der Waals surface area contributed by atoms with Crippen molar-refractivity contribution in [1.82, 2.24) is 9.80 Å². The van der Waals surface area contributed by atoms with Crippen molar-refractivity contribution in [2.45, 2.75) is 11.8 Å². The molecule has 0 bridgehead atoms. The minimum absolute atomic E-state index is 0.376. The second-order valence-corrected chi connectivity index (χ2v) is 4.76. The number of hydrogen-bond acceptors (Lipinski definition) is 3. The summed E-state index contributed by atoms with van der Waals surface area (Å²) in [6.45, 7) is 4.08. The standard InChI is InChI=1S/C10H18ClN3/c1-13-4-3-9(6-13)7-14(2)8-10(11)5-12/h9-10H,3-4,6-8H2,1-2H3. The molecular weight excluding hydrogens is 198 g/mol. The van der Waals surface area contributed by atoms with E-state index in [2.05, 4.69) is 16.8 Å². The normalized spacial score (nSPS) is 25.2. The Morgan fingerprint density at radius 3 is 2.93 bits per heavy atom. The number of nitrogens with zero attached hydrogens (tertiary/aromatic N) is 3. The fraction of sp³-hybridized carbons (Fsp3) is 0.900. The van der Waals surface area contributed by atoms with E-state index in [1.807, 2.05) is 13.1 Å². The van der Waals surface area contributed by atoms with Gasteiger partial charge in [-0.15, -0.1) is 11.6 Å². The van der Waals surface area contributed by atoms with Crippen LogP contribution in [0.1, 0.15) is 6.42 Å². The zero-order valence-corrected chi connectivity index (χ0v) is 9.67. The highest BCUT2D eigenvalue weighted by atomic mass is 35.5. The first-order valence-electron chi connectivity index (χ1n) is 5.02. The Kier molecular flexibility index (Phi) is 4.67. The highest BCUT2D eigenvalue weighted by Gasteiger charge is 2.21. The van der Waals surface area contributed by atoms with E-state index in [1.165, 1.54) is 19.5 Å². The summed E-state index contributed by atoms with van der Waals surface area (Å²) in [4.78, 5) is 4.51. The van der Waals surface area contributed by atoms with Crippen LogP contribution in [0.25, 0.3) is 0 Å². The molecule has 1 saturated heterocycles. The van der Waals surface area contributed by atoms with Crippen molar-refractivity contribution in [2.24, 2.45) is 5.92 Å². The largest absolute Gasteiger partial charge is 0.306 e. The number of alkyl halides is 1. The fourth-order valence-electron chi connectivity index (χ4n) is 2.01. The molecular formula is C10H18ClN3. The summed E-state index contributed by atoms with van der Waals surface area (Å²) in [5.74, 6) is 0.743. The first-order valence-corrected chi connectivity index (χ1v) is 5.46. The van der Waals surface area contributed by atoms with Gasteiger partial charge in [0.15, 0.2) is 0 Å². The lowest BCUT2D eigenvalue weighted by Gasteiger charge is -2.20. The zero-order chi connectivity index (χ0) is 10.6. The van der Waals surface area contributed by atoms with E-state index in [9.17, 15) is 0 Å². The second-order valence-electron chi connectivity index (χ2n) is 4.23. The van der Waals surface area contributed by atoms with Crippen LogP contribution in [0.3, 0.4) is 0 Å². The molecule has 14 heavy (non-hydrogen) atoms. The first kappa shape index (κ1) is 11.8. The average Bonchev–Trinajstić information content (AvgIpc) is 2.50. The van der Waals surface area contributed by atoms with Gasteiger partial charge in [0, 0.05) is 19.6 Å². The molecule has 80 valence electrons. The molecule has 3 nitrogen and oxygen atoms in total. The monoisotopic (exact) mass is 215 g/mol. The average molecular weight is 216 g/mol. The molecule has 0 N–H and O–H groups in total. The molecule has 2 unspecified atom stereocenters. The molecule has 0 aromatic carbocycles. The van der Waals surface area contributed by atoms with Crippen LogP contribution in [-0.4, -0.2) is 55.5 Å². The topological polar surface area (TPSA) is 30.3 Å². The Hall–Kier alpha value is -0.300. The summed E-state index contributed by atoms with van der Waals surface area (Å²) in [5, 5.41) is 8.19. The van der Waals surface area contributed by atoms with Crippen LogP contribution in [0.2, 0.25) is 0 Å². The molecule has 1 aliphatic rings. The van der Waals surface area contributed by atoms with Gasteiger partial charge in [0.1, 0.15) is 5.38 Å². The van der Waals surface area contributed by atoms with Crippen LogP contribution < -0.4 is 0 Å². The van der Waals surface area contributed by atoms with Gasteiger partial charge < -0.3 is 9.80 Å². The Morgan fingerprint density at radius 1 is 1.71 bits per heavy atom. The van der Waals surface area contributed by atoms with Gasteiger partial charge in [-0.1, -0.05) is 0 Å². The van der Waals surface area contributed by atoms with Gasteiger partial charge in [-0.3, -0.25) is 0 Å². The molecule has 0 spiro atoms. The fourth-order valence-corrected chi connectivity index (χ4v) is 2.24. The maximum absolute atomic E-state index is 8.57. The first-order chi connectivity index (χ1) is 6.61. The number of nitriles is 1. The van der Waals surface area contributed by atoms with Crippen LogP contribution in [0.15, 0.2) is 0 Å². The van der Waals surface area contributed by atoms with Crippen molar-refractivity contribution in [3.05, 3.63) is 0 Å². The van der Waals surface area contributed by atoms with Crippen molar-refractivity contribution in [1.29, 1.82) is 5.26 Å². The molecule has 2 atom stereocenters. The Labute approximate surface area is 91.2 Å². The van der Waals surface area contributed by atoms with Gasteiger partial charge in [0.2, 0.25) is 0 Å². The van der Waals surface area contributed by atoms with Gasteiger partial charge in [0.25, 0.3) is 0 Å². The summed E-state index contributed by atoms with van der Waals surface area (Å²) in [6.07, 6.45) is 1.26. The van der Waals surface area contributed by atoms with E-state index in [4.69, 9.17) is 16.9 Å². The maximum Gasteiger partial charge on any atom is 0.133 e. The van der Waals surface area contributed by atoms with E-state index in [-0.39, 0.29) is 5.38 Å². The summed E-state index contributed by atoms with van der Waals surface area (Å²) in [5.41, 5.74) is 0. The van der Waals surface area contributed by atoms with Crippen molar-refractivity contribution in [2.75, 3.05) is 40.3 Å². The van der Waals surface area contributed by atoms with E-state index >= 15 is 0 Å². The van der Waals surface area contributed by atoms with E-state index in [0.29, 0.717) is 6.54 Å². The molecule has 4 heteroatoms. The third-order valence-electron chi connectivity index (χ3n) is 2.67. The molecule has 0 aliphatic carbocycles. The molecule has 1 heterocycles. The molecule has 1 aliphatic heterocycles. The van der Waals surface area contributed by atoms with E-state index in [1.54, 1.807) is 0 Å². The molecule has 0 amide bonds. The predicted molar refractivity (Wildman–Crippen MR) is 58.4 cm³/mol. The Morgan fingerprint density at radius 2 is 2.43 bits per heavy atom.